The Morgan fingerprint density at radius 1 is 0.731 bits per heavy atom. The largest absolute Gasteiger partial charge is 0.480 e. The predicted molar refractivity (Wildman–Crippen MR) is 87.6 cm³/mol. The monoisotopic (exact) mass is 368 g/mol. The minimum absolute atomic E-state index is 0.0405. The Bertz CT molecular complexity index is 625. The van der Waals surface area contributed by atoms with Gasteiger partial charge in [0.25, 0.3) is 11.8 Å². The molecular formula is C16H20N2O8. The number of amides is 2. The highest BCUT2D eigenvalue weighted by atomic mass is 16.4. The summed E-state index contributed by atoms with van der Waals surface area (Å²) in [5.74, 6) is -4.33. The fraction of sp³-hybridized carbons (Fsp3) is 0.375. The Labute approximate surface area is 148 Å². The van der Waals surface area contributed by atoms with Gasteiger partial charge in [0.1, 0.15) is 0 Å². The summed E-state index contributed by atoms with van der Waals surface area (Å²) in [6, 6.07) is 1.97. The van der Waals surface area contributed by atoms with E-state index in [-0.39, 0.29) is 11.1 Å². The third-order valence-corrected chi connectivity index (χ3v) is 3.48. The number of carboxylic acid groups (broad SMARTS) is 2. The highest BCUT2D eigenvalue weighted by molar-refractivity contribution is 6.00. The van der Waals surface area contributed by atoms with Gasteiger partial charge < -0.3 is 31.1 Å². The normalized spacial score (nSPS) is 15.2. The van der Waals surface area contributed by atoms with Crippen molar-refractivity contribution >= 4 is 23.8 Å². The number of nitrogens with one attached hydrogen (secondary N) is 2. The molecule has 0 saturated carbocycles. The zero-order valence-electron chi connectivity index (χ0n) is 14.0. The first-order valence-corrected chi connectivity index (χ1v) is 7.58. The predicted octanol–water partition coefficient (Wildman–Crippen LogP) is -1.19. The Morgan fingerprint density at radius 2 is 1.00 bits per heavy atom. The average Bonchev–Trinajstić information content (AvgIpc) is 2.55. The molecule has 142 valence electrons. The number of carbonyl (C=O) groups is 4. The minimum atomic E-state index is -1.49. The molecule has 1 rings (SSSR count). The molecule has 10 heteroatoms. The molecule has 6 N–H and O–H groups in total. The van der Waals surface area contributed by atoms with Gasteiger partial charge in [-0.2, -0.15) is 0 Å². The maximum absolute atomic E-state index is 12.0. The van der Waals surface area contributed by atoms with E-state index in [1.165, 1.54) is 38.1 Å². The molecule has 0 spiro atoms. The van der Waals surface area contributed by atoms with Crippen LogP contribution in [0.4, 0.5) is 0 Å². The number of rotatable bonds is 8. The molecule has 26 heavy (non-hydrogen) atoms. The van der Waals surface area contributed by atoms with E-state index in [1.54, 1.807) is 0 Å². The summed E-state index contributed by atoms with van der Waals surface area (Å²) < 4.78 is 0. The second-order valence-corrected chi connectivity index (χ2v) is 5.64. The van der Waals surface area contributed by atoms with Crippen molar-refractivity contribution in [3.05, 3.63) is 35.4 Å². The SMILES string of the molecule is CC(O)C(NC(=O)c1ccc(C(=O)NC(C(=O)O)C(C)O)cc1)C(=O)O. The summed E-state index contributed by atoms with van der Waals surface area (Å²) >= 11 is 0. The number of hydrogen-bond acceptors (Lipinski definition) is 6. The molecule has 1 aromatic rings. The van der Waals surface area contributed by atoms with Crippen molar-refractivity contribution in [2.75, 3.05) is 0 Å². The first-order valence-electron chi connectivity index (χ1n) is 7.58. The van der Waals surface area contributed by atoms with E-state index in [0.717, 1.165) is 0 Å². The fourth-order valence-electron chi connectivity index (χ4n) is 2.00. The Hall–Kier alpha value is -2.98. The van der Waals surface area contributed by atoms with Crippen LogP contribution in [0.1, 0.15) is 34.6 Å². The lowest BCUT2D eigenvalue weighted by molar-refractivity contribution is -0.142. The van der Waals surface area contributed by atoms with Crippen LogP contribution in [0.25, 0.3) is 0 Å². The number of hydrogen-bond donors (Lipinski definition) is 6. The van der Waals surface area contributed by atoms with Crippen molar-refractivity contribution in [3.8, 4) is 0 Å². The van der Waals surface area contributed by atoms with E-state index >= 15 is 0 Å². The maximum Gasteiger partial charge on any atom is 0.328 e. The summed E-state index contributed by atoms with van der Waals surface area (Å²) in [5.41, 5.74) is 0.0810. The lowest BCUT2D eigenvalue weighted by Crippen LogP contribution is -2.48. The van der Waals surface area contributed by atoms with E-state index in [1.807, 2.05) is 0 Å². The van der Waals surface area contributed by atoms with Crippen LogP contribution in [-0.2, 0) is 9.59 Å². The van der Waals surface area contributed by atoms with Crippen molar-refractivity contribution < 1.29 is 39.6 Å². The Kier molecular flexibility index (Phi) is 7.23. The number of benzene rings is 1. The molecule has 0 fully saturated rings. The highest BCUT2D eigenvalue weighted by Crippen LogP contribution is 2.07. The molecule has 0 bridgehead atoms. The average molecular weight is 368 g/mol. The summed E-state index contributed by atoms with van der Waals surface area (Å²) in [4.78, 5) is 45.9. The van der Waals surface area contributed by atoms with E-state index < -0.39 is 48.0 Å². The van der Waals surface area contributed by atoms with Crippen LogP contribution in [0, 0.1) is 0 Å². The third kappa shape index (κ3) is 5.53. The summed E-state index contributed by atoms with van der Waals surface area (Å²) in [6.07, 6.45) is -2.62. The van der Waals surface area contributed by atoms with Gasteiger partial charge in [-0.15, -0.1) is 0 Å². The van der Waals surface area contributed by atoms with Gasteiger partial charge in [-0.3, -0.25) is 9.59 Å². The summed E-state index contributed by atoms with van der Waals surface area (Å²) in [6.45, 7) is 2.43. The molecule has 0 aliphatic carbocycles. The van der Waals surface area contributed by atoms with Crippen molar-refractivity contribution in [1.82, 2.24) is 10.6 Å². The molecule has 0 radical (unpaired) electrons. The Morgan fingerprint density at radius 3 is 1.19 bits per heavy atom. The third-order valence-electron chi connectivity index (χ3n) is 3.48. The molecule has 2 amide bonds. The smallest absolute Gasteiger partial charge is 0.328 e. The van der Waals surface area contributed by atoms with Crippen molar-refractivity contribution in [3.63, 3.8) is 0 Å². The second kappa shape index (κ2) is 8.92. The van der Waals surface area contributed by atoms with Gasteiger partial charge in [0.05, 0.1) is 12.2 Å². The Balaban J connectivity index is 2.84. The zero-order valence-corrected chi connectivity index (χ0v) is 14.0. The minimum Gasteiger partial charge on any atom is -0.480 e. The lowest BCUT2D eigenvalue weighted by atomic mass is 10.1. The zero-order chi connectivity index (χ0) is 20.0. The molecule has 0 aliphatic rings. The van der Waals surface area contributed by atoms with Crippen LogP contribution in [0.15, 0.2) is 24.3 Å². The topological polar surface area (TPSA) is 173 Å². The van der Waals surface area contributed by atoms with Gasteiger partial charge in [0.15, 0.2) is 12.1 Å². The molecule has 4 unspecified atom stereocenters. The molecule has 4 atom stereocenters. The quantitative estimate of drug-likeness (QED) is 0.332. The van der Waals surface area contributed by atoms with E-state index in [4.69, 9.17) is 10.2 Å². The molecule has 1 aromatic carbocycles. The lowest BCUT2D eigenvalue weighted by Gasteiger charge is -2.18. The van der Waals surface area contributed by atoms with Crippen LogP contribution < -0.4 is 10.6 Å². The van der Waals surface area contributed by atoms with Gasteiger partial charge in [0.2, 0.25) is 0 Å². The molecule has 0 aliphatic heterocycles. The van der Waals surface area contributed by atoms with Crippen LogP contribution in [0.5, 0.6) is 0 Å². The maximum atomic E-state index is 12.0. The van der Waals surface area contributed by atoms with Crippen molar-refractivity contribution in [2.24, 2.45) is 0 Å². The number of aliphatic carboxylic acids is 2. The van der Waals surface area contributed by atoms with Gasteiger partial charge in [-0.1, -0.05) is 0 Å². The molecule has 0 aromatic heterocycles. The van der Waals surface area contributed by atoms with Crippen LogP contribution in [0.3, 0.4) is 0 Å². The second-order valence-electron chi connectivity index (χ2n) is 5.64. The number of carboxylic acids is 2. The first-order chi connectivity index (χ1) is 12.0. The molecule has 0 heterocycles. The van der Waals surface area contributed by atoms with Gasteiger partial charge >= 0.3 is 11.9 Å². The standard InChI is InChI=1S/C16H20N2O8/c1-7(19)11(15(23)24)17-13(21)9-3-5-10(6-4-9)14(22)18-12(8(2)20)16(25)26/h3-8,11-12,19-20H,1-2H3,(H,17,21)(H,18,22)(H,23,24)(H,25,26). The van der Waals surface area contributed by atoms with Crippen LogP contribution in [0.2, 0.25) is 0 Å². The van der Waals surface area contributed by atoms with Gasteiger partial charge in [-0.05, 0) is 38.1 Å². The molecule has 10 nitrogen and oxygen atoms in total. The van der Waals surface area contributed by atoms with Crippen LogP contribution in [-0.4, -0.2) is 68.5 Å². The fourth-order valence-corrected chi connectivity index (χ4v) is 2.00. The van der Waals surface area contributed by atoms with Crippen molar-refractivity contribution in [2.45, 2.75) is 38.1 Å². The summed E-state index contributed by atoms with van der Waals surface area (Å²) in [5, 5.41) is 40.9. The molecular weight excluding hydrogens is 348 g/mol. The van der Waals surface area contributed by atoms with E-state index in [0.29, 0.717) is 0 Å². The molecule has 0 saturated heterocycles. The van der Waals surface area contributed by atoms with Gasteiger partial charge in [-0.25, -0.2) is 9.59 Å². The number of aliphatic hydroxyl groups is 2. The number of aliphatic hydroxyl groups excluding tert-OH is 2. The van der Waals surface area contributed by atoms with E-state index in [9.17, 15) is 29.4 Å². The number of carbonyl (C=O) groups excluding carboxylic acids is 2. The summed E-state index contributed by atoms with van der Waals surface area (Å²) in [7, 11) is 0. The first kappa shape index (κ1) is 21.1. The highest BCUT2D eigenvalue weighted by Gasteiger charge is 2.27. The van der Waals surface area contributed by atoms with Crippen molar-refractivity contribution in [1.29, 1.82) is 0 Å². The van der Waals surface area contributed by atoms with Crippen LogP contribution >= 0.6 is 0 Å². The van der Waals surface area contributed by atoms with E-state index in [2.05, 4.69) is 10.6 Å². The van der Waals surface area contributed by atoms with Gasteiger partial charge in [0, 0.05) is 11.1 Å².